The zero-order valence-corrected chi connectivity index (χ0v) is 17.3. The molecule has 2 amide bonds. The van der Waals surface area contributed by atoms with Crippen molar-refractivity contribution in [3.8, 4) is 17.0 Å². The van der Waals surface area contributed by atoms with Gasteiger partial charge < -0.3 is 19.0 Å². The minimum absolute atomic E-state index is 0.139. The van der Waals surface area contributed by atoms with Gasteiger partial charge in [0.15, 0.2) is 10.4 Å². The average Bonchev–Trinajstić information content (AvgIpc) is 3.42. The molecule has 1 saturated heterocycles. The molecule has 1 aliphatic heterocycles. The van der Waals surface area contributed by atoms with Crippen molar-refractivity contribution in [1.29, 1.82) is 0 Å². The molecule has 1 aromatic carbocycles. The molecule has 2 aromatic heterocycles. The number of nitrogens with one attached hydrogen (secondary N) is 1. The van der Waals surface area contributed by atoms with E-state index in [1.807, 2.05) is 24.3 Å². The molecule has 0 aliphatic carbocycles. The van der Waals surface area contributed by atoms with Gasteiger partial charge in [0, 0.05) is 31.7 Å². The summed E-state index contributed by atoms with van der Waals surface area (Å²) in [5.74, 6) is 0.694. The van der Waals surface area contributed by atoms with Crippen LogP contribution in [-0.4, -0.2) is 65.1 Å². The topological polar surface area (TPSA) is 91.7 Å². The number of benzene rings is 1. The van der Waals surface area contributed by atoms with E-state index in [1.54, 1.807) is 35.1 Å². The van der Waals surface area contributed by atoms with E-state index in [4.69, 9.17) is 9.15 Å². The number of ether oxygens (including phenoxy) is 1. The molecule has 1 aliphatic rings. The zero-order chi connectivity index (χ0) is 20.4. The fourth-order valence-electron chi connectivity index (χ4n) is 3.23. The monoisotopic (exact) mass is 458 g/mol. The molecule has 0 unspecified atom stereocenters. The van der Waals surface area contributed by atoms with Crippen LogP contribution in [0.25, 0.3) is 11.3 Å². The van der Waals surface area contributed by atoms with Crippen LogP contribution in [0, 0.1) is 0 Å². The van der Waals surface area contributed by atoms with Crippen molar-refractivity contribution in [2.75, 3.05) is 33.3 Å². The SMILES string of the molecule is COc1cccc(-c2cc(C(=O)N3CCN(C(=O)c4ccc(Br)o4)CC3)[nH]n2)c1. The van der Waals surface area contributed by atoms with Gasteiger partial charge in [0.05, 0.1) is 12.8 Å². The van der Waals surface area contributed by atoms with E-state index in [2.05, 4.69) is 26.1 Å². The fraction of sp³-hybridized carbons (Fsp3) is 0.250. The number of methoxy groups -OCH3 is 1. The Kier molecular flexibility index (Phi) is 5.39. The molecule has 1 fully saturated rings. The van der Waals surface area contributed by atoms with E-state index >= 15 is 0 Å². The molecule has 0 spiro atoms. The lowest BCUT2D eigenvalue weighted by Crippen LogP contribution is -2.50. The largest absolute Gasteiger partial charge is 0.497 e. The number of carbonyl (C=O) groups is 2. The van der Waals surface area contributed by atoms with Crippen LogP contribution in [0.4, 0.5) is 0 Å². The highest BCUT2D eigenvalue weighted by Crippen LogP contribution is 2.23. The Morgan fingerprint density at radius 1 is 1.07 bits per heavy atom. The maximum atomic E-state index is 12.8. The van der Waals surface area contributed by atoms with Crippen LogP contribution in [0.5, 0.6) is 5.75 Å². The summed E-state index contributed by atoms with van der Waals surface area (Å²) < 4.78 is 11.1. The van der Waals surface area contributed by atoms with Crippen molar-refractivity contribution in [1.82, 2.24) is 20.0 Å². The number of furan rings is 1. The standard InChI is InChI=1S/C20H19BrN4O4/c1-28-14-4-2-3-13(11-14)15-12-16(23-22-15)19(26)24-7-9-25(10-8-24)20(27)17-5-6-18(21)29-17/h2-6,11-12H,7-10H2,1H3,(H,22,23). The predicted molar refractivity (Wildman–Crippen MR) is 109 cm³/mol. The minimum atomic E-state index is -0.176. The number of rotatable bonds is 4. The van der Waals surface area contributed by atoms with E-state index in [1.165, 1.54) is 0 Å². The normalized spacial score (nSPS) is 14.1. The Hall–Kier alpha value is -3.07. The lowest BCUT2D eigenvalue weighted by molar-refractivity contribution is 0.0514. The Morgan fingerprint density at radius 3 is 2.45 bits per heavy atom. The second-order valence-corrected chi connectivity index (χ2v) is 7.37. The summed E-state index contributed by atoms with van der Waals surface area (Å²) in [7, 11) is 1.60. The number of amides is 2. The summed E-state index contributed by atoms with van der Waals surface area (Å²) in [5.41, 5.74) is 1.95. The van der Waals surface area contributed by atoms with E-state index in [0.717, 1.165) is 11.3 Å². The average molecular weight is 459 g/mol. The van der Waals surface area contributed by atoms with Crippen LogP contribution < -0.4 is 4.74 Å². The number of hydrogen-bond acceptors (Lipinski definition) is 5. The van der Waals surface area contributed by atoms with E-state index in [-0.39, 0.29) is 17.6 Å². The maximum absolute atomic E-state index is 12.8. The molecule has 150 valence electrons. The molecular formula is C20H19BrN4O4. The Labute approximate surface area is 175 Å². The Bertz CT molecular complexity index is 1040. The van der Waals surface area contributed by atoms with Crippen LogP contribution >= 0.6 is 15.9 Å². The molecular weight excluding hydrogens is 440 g/mol. The van der Waals surface area contributed by atoms with Crippen molar-refractivity contribution in [2.45, 2.75) is 0 Å². The zero-order valence-electron chi connectivity index (χ0n) is 15.7. The van der Waals surface area contributed by atoms with Crippen LogP contribution in [-0.2, 0) is 0 Å². The quantitative estimate of drug-likeness (QED) is 0.648. The third kappa shape index (κ3) is 4.04. The third-order valence-electron chi connectivity index (χ3n) is 4.81. The molecule has 9 heteroatoms. The van der Waals surface area contributed by atoms with Gasteiger partial charge in [-0.3, -0.25) is 14.7 Å². The summed E-state index contributed by atoms with van der Waals surface area (Å²) >= 11 is 3.20. The lowest BCUT2D eigenvalue weighted by atomic mass is 10.1. The molecule has 4 rings (SSSR count). The smallest absolute Gasteiger partial charge is 0.289 e. The maximum Gasteiger partial charge on any atom is 0.289 e. The van der Waals surface area contributed by atoms with Gasteiger partial charge in [0.1, 0.15) is 11.4 Å². The first kappa shape index (κ1) is 19.3. The summed E-state index contributed by atoms with van der Waals surface area (Å²) in [5, 5.41) is 7.07. The van der Waals surface area contributed by atoms with Crippen molar-refractivity contribution in [2.24, 2.45) is 0 Å². The van der Waals surface area contributed by atoms with Crippen LogP contribution in [0.1, 0.15) is 21.0 Å². The van der Waals surface area contributed by atoms with E-state index in [9.17, 15) is 9.59 Å². The molecule has 1 N–H and O–H groups in total. The van der Waals surface area contributed by atoms with Crippen molar-refractivity contribution in [3.05, 3.63) is 58.6 Å². The summed E-state index contributed by atoms with van der Waals surface area (Å²) in [6.07, 6.45) is 0. The molecule has 3 heterocycles. The first-order valence-electron chi connectivity index (χ1n) is 9.09. The van der Waals surface area contributed by atoms with Gasteiger partial charge in [-0.2, -0.15) is 5.10 Å². The van der Waals surface area contributed by atoms with Crippen molar-refractivity contribution >= 4 is 27.7 Å². The fourth-order valence-corrected chi connectivity index (χ4v) is 3.54. The molecule has 3 aromatic rings. The van der Waals surface area contributed by atoms with E-state index in [0.29, 0.717) is 42.2 Å². The van der Waals surface area contributed by atoms with Gasteiger partial charge in [-0.1, -0.05) is 12.1 Å². The van der Waals surface area contributed by atoms with E-state index < -0.39 is 0 Å². The second kappa shape index (κ2) is 8.12. The molecule has 0 bridgehead atoms. The van der Waals surface area contributed by atoms with Crippen molar-refractivity contribution < 1.29 is 18.7 Å². The van der Waals surface area contributed by atoms with Gasteiger partial charge in [-0.25, -0.2) is 0 Å². The molecule has 0 saturated carbocycles. The van der Waals surface area contributed by atoms with Crippen LogP contribution in [0.2, 0.25) is 0 Å². The molecule has 0 atom stereocenters. The number of aromatic nitrogens is 2. The van der Waals surface area contributed by atoms with Gasteiger partial charge in [-0.15, -0.1) is 0 Å². The molecule has 0 radical (unpaired) electrons. The van der Waals surface area contributed by atoms with Crippen LogP contribution in [0.15, 0.2) is 51.6 Å². The highest BCUT2D eigenvalue weighted by molar-refractivity contribution is 9.10. The van der Waals surface area contributed by atoms with Gasteiger partial charge in [-0.05, 0) is 46.3 Å². The number of H-pyrrole nitrogens is 1. The Morgan fingerprint density at radius 2 is 1.79 bits per heavy atom. The number of piperazine rings is 1. The van der Waals surface area contributed by atoms with Gasteiger partial charge in [0.25, 0.3) is 11.8 Å². The number of carbonyl (C=O) groups excluding carboxylic acids is 2. The van der Waals surface area contributed by atoms with Crippen LogP contribution in [0.3, 0.4) is 0 Å². The lowest BCUT2D eigenvalue weighted by Gasteiger charge is -2.34. The minimum Gasteiger partial charge on any atom is -0.497 e. The summed E-state index contributed by atoms with van der Waals surface area (Å²) in [6.45, 7) is 1.78. The molecule has 29 heavy (non-hydrogen) atoms. The first-order chi connectivity index (χ1) is 14.0. The molecule has 8 nitrogen and oxygen atoms in total. The van der Waals surface area contributed by atoms with Crippen molar-refractivity contribution in [3.63, 3.8) is 0 Å². The predicted octanol–water partition coefficient (Wildman–Crippen LogP) is 3.04. The second-order valence-electron chi connectivity index (χ2n) is 6.59. The third-order valence-corrected chi connectivity index (χ3v) is 5.24. The number of aromatic amines is 1. The number of hydrogen-bond donors (Lipinski definition) is 1. The summed E-state index contributed by atoms with van der Waals surface area (Å²) in [4.78, 5) is 28.7. The number of nitrogens with zero attached hydrogens (tertiary/aromatic N) is 3. The first-order valence-corrected chi connectivity index (χ1v) is 9.88. The Balaban J connectivity index is 1.40. The van der Waals surface area contributed by atoms with Gasteiger partial charge >= 0.3 is 0 Å². The number of halogens is 1. The summed E-state index contributed by atoms with van der Waals surface area (Å²) in [6, 6.07) is 12.5. The highest BCUT2D eigenvalue weighted by atomic mass is 79.9. The highest BCUT2D eigenvalue weighted by Gasteiger charge is 2.27. The van der Waals surface area contributed by atoms with Gasteiger partial charge in [0.2, 0.25) is 0 Å².